The summed E-state index contributed by atoms with van der Waals surface area (Å²) in [7, 11) is 0. The zero-order chi connectivity index (χ0) is 9.72. The first-order valence-corrected chi connectivity index (χ1v) is 3.26. The Kier molecular flexibility index (Phi) is 4.24. The molecular weight excluding hydrogens is 168 g/mol. The van der Waals surface area contributed by atoms with Gasteiger partial charge in [0.15, 0.2) is 12.2 Å². The highest BCUT2D eigenvalue weighted by molar-refractivity contribution is 5.84. The Morgan fingerprint density at radius 2 is 1.83 bits per heavy atom. The zero-order valence-electron chi connectivity index (χ0n) is 6.43. The highest BCUT2D eigenvalue weighted by Crippen LogP contribution is 1.96. The maximum Gasteiger partial charge on any atom is 0.338 e. The summed E-state index contributed by atoms with van der Waals surface area (Å²) in [6.45, 7) is 1.51. The van der Waals surface area contributed by atoms with Crippen molar-refractivity contribution in [3.8, 4) is 0 Å². The Morgan fingerprint density at radius 1 is 1.33 bits per heavy atom. The molecule has 0 saturated carbocycles. The molecule has 6 heteroatoms. The lowest BCUT2D eigenvalue weighted by molar-refractivity contribution is -0.169. The van der Waals surface area contributed by atoms with Crippen LogP contribution in [0, 0.1) is 0 Å². The molecular formula is C6H10O6. The number of carboxylic acids is 1. The van der Waals surface area contributed by atoms with E-state index in [1.54, 1.807) is 0 Å². The fraction of sp³-hybridized carbons (Fsp3) is 0.667. The van der Waals surface area contributed by atoms with Gasteiger partial charge in [-0.3, -0.25) is 0 Å². The molecule has 0 aromatic carbocycles. The molecule has 0 saturated heterocycles. The Hall–Kier alpha value is -1.14. The lowest BCUT2D eigenvalue weighted by Crippen LogP contribution is -2.40. The average Bonchev–Trinajstić information content (AvgIpc) is 2.02. The first-order valence-electron chi connectivity index (χ1n) is 3.26. The van der Waals surface area contributed by atoms with Gasteiger partial charge in [-0.05, 0) is 6.92 Å². The molecule has 0 fully saturated rings. The van der Waals surface area contributed by atoms with E-state index in [-0.39, 0.29) is 6.61 Å². The Bertz CT molecular complexity index is 177. The quantitative estimate of drug-likeness (QED) is 0.446. The van der Waals surface area contributed by atoms with Gasteiger partial charge in [-0.25, -0.2) is 9.59 Å². The van der Waals surface area contributed by atoms with E-state index in [0.717, 1.165) is 0 Å². The molecule has 6 nitrogen and oxygen atoms in total. The van der Waals surface area contributed by atoms with Gasteiger partial charge in [0.1, 0.15) is 0 Å². The van der Waals surface area contributed by atoms with Crippen LogP contribution in [0.1, 0.15) is 6.92 Å². The van der Waals surface area contributed by atoms with Gasteiger partial charge < -0.3 is 20.1 Å². The van der Waals surface area contributed by atoms with Crippen LogP contribution >= 0.6 is 0 Å². The number of carbonyl (C=O) groups excluding carboxylic acids is 1. The van der Waals surface area contributed by atoms with Crippen LogP contribution < -0.4 is 0 Å². The van der Waals surface area contributed by atoms with Crippen LogP contribution in [-0.2, 0) is 14.3 Å². The second kappa shape index (κ2) is 4.68. The van der Waals surface area contributed by atoms with Crippen molar-refractivity contribution in [2.24, 2.45) is 0 Å². The van der Waals surface area contributed by atoms with Gasteiger partial charge >= 0.3 is 11.9 Å². The molecule has 0 spiro atoms. The third-order valence-corrected chi connectivity index (χ3v) is 1.08. The van der Waals surface area contributed by atoms with Crippen molar-refractivity contribution >= 4 is 11.9 Å². The van der Waals surface area contributed by atoms with E-state index in [2.05, 4.69) is 4.74 Å². The van der Waals surface area contributed by atoms with Gasteiger partial charge in [0.25, 0.3) is 0 Å². The number of aliphatic hydroxyl groups excluding tert-OH is 2. The lowest BCUT2D eigenvalue weighted by atomic mass is 10.2. The molecule has 0 aromatic rings. The molecule has 70 valence electrons. The van der Waals surface area contributed by atoms with Crippen molar-refractivity contribution in [1.29, 1.82) is 0 Å². The van der Waals surface area contributed by atoms with Crippen LogP contribution in [0.25, 0.3) is 0 Å². The topological polar surface area (TPSA) is 104 Å². The minimum absolute atomic E-state index is 0.0161. The van der Waals surface area contributed by atoms with Crippen LogP contribution in [0.3, 0.4) is 0 Å². The fourth-order valence-corrected chi connectivity index (χ4v) is 0.492. The van der Waals surface area contributed by atoms with E-state index in [0.29, 0.717) is 0 Å². The molecule has 2 atom stereocenters. The van der Waals surface area contributed by atoms with E-state index in [9.17, 15) is 9.59 Å². The van der Waals surface area contributed by atoms with E-state index in [1.165, 1.54) is 6.92 Å². The molecule has 0 radical (unpaired) electrons. The van der Waals surface area contributed by atoms with Gasteiger partial charge in [0.2, 0.25) is 0 Å². The number of aliphatic carboxylic acids is 1. The summed E-state index contributed by atoms with van der Waals surface area (Å²) in [6.07, 6.45) is -4.16. The first kappa shape index (κ1) is 10.9. The number of carboxylic acid groups (broad SMARTS) is 1. The number of hydrogen-bond donors (Lipinski definition) is 3. The van der Waals surface area contributed by atoms with Crippen molar-refractivity contribution in [3.63, 3.8) is 0 Å². The largest absolute Gasteiger partial charge is 0.479 e. The predicted molar refractivity (Wildman–Crippen MR) is 36.3 cm³/mol. The molecule has 0 rings (SSSR count). The number of hydrogen-bond acceptors (Lipinski definition) is 5. The number of aliphatic hydroxyl groups is 2. The average molecular weight is 178 g/mol. The minimum Gasteiger partial charge on any atom is -0.479 e. The van der Waals surface area contributed by atoms with Crippen molar-refractivity contribution in [1.82, 2.24) is 0 Å². The molecule has 0 aliphatic heterocycles. The van der Waals surface area contributed by atoms with Crippen LogP contribution in [0.2, 0.25) is 0 Å². The third-order valence-electron chi connectivity index (χ3n) is 1.08. The van der Waals surface area contributed by atoms with Crippen molar-refractivity contribution in [2.75, 3.05) is 6.61 Å². The van der Waals surface area contributed by atoms with Crippen molar-refractivity contribution < 1.29 is 29.6 Å². The van der Waals surface area contributed by atoms with E-state index < -0.39 is 24.1 Å². The normalized spacial score (nSPS) is 14.9. The van der Waals surface area contributed by atoms with Crippen LogP contribution in [0.5, 0.6) is 0 Å². The first-order chi connectivity index (χ1) is 5.50. The molecule has 0 amide bonds. The highest BCUT2D eigenvalue weighted by atomic mass is 16.5. The van der Waals surface area contributed by atoms with Crippen molar-refractivity contribution in [2.45, 2.75) is 19.1 Å². The van der Waals surface area contributed by atoms with E-state index >= 15 is 0 Å². The Balaban J connectivity index is 4.09. The molecule has 0 aliphatic carbocycles. The number of esters is 1. The second-order valence-electron chi connectivity index (χ2n) is 1.98. The smallest absolute Gasteiger partial charge is 0.338 e. The monoisotopic (exact) mass is 178 g/mol. The molecule has 3 N–H and O–H groups in total. The van der Waals surface area contributed by atoms with Gasteiger partial charge in [-0.2, -0.15) is 0 Å². The standard InChI is InChI=1S/C6H10O6/c1-2-12-6(11)4(8)3(7)5(9)10/h3-4,7-8H,2H2,1H3,(H,9,10)/t3?,4-/m1/s1. The van der Waals surface area contributed by atoms with Gasteiger partial charge in [-0.15, -0.1) is 0 Å². The Labute approximate surface area is 68.4 Å². The summed E-state index contributed by atoms with van der Waals surface area (Å²) in [5, 5.41) is 25.6. The molecule has 0 heterocycles. The summed E-state index contributed by atoms with van der Waals surface area (Å²) in [5.41, 5.74) is 0. The number of carbonyl (C=O) groups is 2. The predicted octanol–water partition coefficient (Wildman–Crippen LogP) is -1.64. The van der Waals surface area contributed by atoms with Crippen LogP contribution in [0.15, 0.2) is 0 Å². The van der Waals surface area contributed by atoms with Crippen molar-refractivity contribution in [3.05, 3.63) is 0 Å². The lowest BCUT2D eigenvalue weighted by Gasteiger charge is -2.11. The van der Waals surface area contributed by atoms with Crippen LogP contribution in [0.4, 0.5) is 0 Å². The molecule has 0 bridgehead atoms. The van der Waals surface area contributed by atoms with E-state index in [4.69, 9.17) is 15.3 Å². The summed E-state index contributed by atoms with van der Waals surface area (Å²) in [4.78, 5) is 20.6. The molecule has 0 aromatic heterocycles. The minimum atomic E-state index is -2.14. The summed E-state index contributed by atoms with van der Waals surface area (Å²) in [5.74, 6) is -2.82. The van der Waals surface area contributed by atoms with Gasteiger partial charge in [-0.1, -0.05) is 0 Å². The molecule has 1 unspecified atom stereocenters. The zero-order valence-corrected chi connectivity index (χ0v) is 6.43. The molecule has 12 heavy (non-hydrogen) atoms. The van der Waals surface area contributed by atoms with Gasteiger partial charge in [0.05, 0.1) is 6.61 Å². The SMILES string of the molecule is CCOC(=O)[C@H](O)C(O)C(=O)O. The maximum atomic E-state index is 10.6. The maximum absolute atomic E-state index is 10.6. The molecule has 0 aliphatic rings. The van der Waals surface area contributed by atoms with Crippen LogP contribution in [-0.4, -0.2) is 46.1 Å². The summed E-state index contributed by atoms with van der Waals surface area (Å²) < 4.78 is 4.26. The number of ether oxygens (including phenoxy) is 1. The summed E-state index contributed by atoms with van der Waals surface area (Å²) >= 11 is 0. The number of rotatable bonds is 4. The van der Waals surface area contributed by atoms with E-state index in [1.807, 2.05) is 0 Å². The third kappa shape index (κ3) is 2.85. The highest BCUT2D eigenvalue weighted by Gasteiger charge is 2.30. The fourth-order valence-electron chi connectivity index (χ4n) is 0.492. The van der Waals surface area contributed by atoms with Gasteiger partial charge in [0, 0.05) is 0 Å². The second-order valence-corrected chi connectivity index (χ2v) is 1.98. The summed E-state index contributed by atoms with van der Waals surface area (Å²) in [6, 6.07) is 0. The Morgan fingerprint density at radius 3 is 2.17 bits per heavy atom.